The van der Waals surface area contributed by atoms with Crippen molar-refractivity contribution in [2.75, 3.05) is 18.0 Å². The van der Waals surface area contributed by atoms with E-state index < -0.39 is 0 Å². The van der Waals surface area contributed by atoms with Gasteiger partial charge in [0.1, 0.15) is 17.3 Å². The molecule has 0 radical (unpaired) electrons. The van der Waals surface area contributed by atoms with E-state index in [1.807, 2.05) is 32.0 Å². The highest BCUT2D eigenvalue weighted by molar-refractivity contribution is 5.98. The average molecular weight is 390 g/mol. The number of anilines is 1. The zero-order valence-corrected chi connectivity index (χ0v) is 16.6. The molecule has 0 saturated carbocycles. The van der Waals surface area contributed by atoms with Gasteiger partial charge in [0.05, 0.1) is 0 Å². The third-order valence-electron chi connectivity index (χ3n) is 5.55. The van der Waals surface area contributed by atoms with Crippen molar-refractivity contribution in [2.45, 2.75) is 26.7 Å². The van der Waals surface area contributed by atoms with Crippen LogP contribution >= 0.6 is 0 Å². The van der Waals surface area contributed by atoms with Crippen LogP contribution in [0.25, 0.3) is 11.5 Å². The fraction of sp³-hybridized carbons (Fsp3) is 0.304. The van der Waals surface area contributed by atoms with Crippen LogP contribution in [0.15, 0.2) is 48.7 Å². The molecule has 5 nitrogen and oxygen atoms in total. The van der Waals surface area contributed by atoms with Crippen molar-refractivity contribution in [3.8, 4) is 11.5 Å². The van der Waals surface area contributed by atoms with Crippen molar-refractivity contribution in [1.29, 1.82) is 0 Å². The van der Waals surface area contributed by atoms with Crippen LogP contribution in [0.2, 0.25) is 0 Å². The summed E-state index contributed by atoms with van der Waals surface area (Å²) in [5.74, 6) is 1.25. The van der Waals surface area contributed by atoms with Crippen molar-refractivity contribution < 1.29 is 9.18 Å². The highest BCUT2D eigenvalue weighted by Crippen LogP contribution is 2.29. The summed E-state index contributed by atoms with van der Waals surface area (Å²) in [6.45, 7) is 5.51. The maximum absolute atomic E-state index is 13.1. The first-order valence-corrected chi connectivity index (χ1v) is 9.84. The van der Waals surface area contributed by atoms with E-state index in [1.165, 1.54) is 12.1 Å². The average Bonchev–Trinajstić information content (AvgIpc) is 2.76. The number of ketones is 1. The van der Waals surface area contributed by atoms with E-state index >= 15 is 0 Å². The number of nitrogens with zero attached hydrogens (tertiary/aromatic N) is 4. The van der Waals surface area contributed by atoms with Crippen molar-refractivity contribution in [3.05, 3.63) is 71.3 Å². The van der Waals surface area contributed by atoms with E-state index in [4.69, 9.17) is 4.98 Å². The third kappa shape index (κ3) is 4.01. The predicted molar refractivity (Wildman–Crippen MR) is 110 cm³/mol. The summed E-state index contributed by atoms with van der Waals surface area (Å²) in [5.41, 5.74) is 3.31. The molecule has 148 valence electrons. The lowest BCUT2D eigenvalue weighted by atomic mass is 9.89. The number of Topliss-reactive ketones (excluding diaryl/α,β-unsaturated/α-hetero) is 1. The Labute approximate surface area is 169 Å². The Balaban J connectivity index is 1.52. The highest BCUT2D eigenvalue weighted by atomic mass is 19.1. The number of pyridine rings is 1. The smallest absolute Gasteiger partial charge is 0.180 e. The van der Waals surface area contributed by atoms with Gasteiger partial charge in [-0.1, -0.05) is 6.07 Å². The van der Waals surface area contributed by atoms with Crippen LogP contribution in [-0.4, -0.2) is 33.8 Å². The number of hydrogen-bond donors (Lipinski definition) is 0. The van der Waals surface area contributed by atoms with Gasteiger partial charge in [0, 0.05) is 42.0 Å². The molecular weight excluding hydrogens is 367 g/mol. The van der Waals surface area contributed by atoms with Crippen LogP contribution in [0.1, 0.15) is 34.5 Å². The van der Waals surface area contributed by atoms with Crippen LogP contribution < -0.4 is 4.90 Å². The lowest BCUT2D eigenvalue weighted by molar-refractivity contribution is 0.0900. The molecule has 0 N–H and O–H groups in total. The standard InChI is InChI=1S/C23H23FN4O/c1-15-16(2)26-22(20-5-3-4-12-25-20)27-23(15)28-13-10-18(11-14-28)21(29)17-6-8-19(24)9-7-17/h3-9,12,18H,10-11,13-14H2,1-2H3. The van der Waals surface area contributed by atoms with Gasteiger partial charge in [-0.25, -0.2) is 14.4 Å². The summed E-state index contributed by atoms with van der Waals surface area (Å²) < 4.78 is 13.1. The molecule has 29 heavy (non-hydrogen) atoms. The Kier molecular flexibility index (Phi) is 5.34. The molecule has 4 rings (SSSR count). The third-order valence-corrected chi connectivity index (χ3v) is 5.55. The summed E-state index contributed by atoms with van der Waals surface area (Å²) in [4.78, 5) is 28.7. The van der Waals surface area contributed by atoms with Crippen LogP contribution in [0.4, 0.5) is 10.2 Å². The summed E-state index contributed by atoms with van der Waals surface area (Å²) >= 11 is 0. The molecule has 0 aliphatic carbocycles. The van der Waals surface area contributed by atoms with Crippen LogP contribution in [0.3, 0.4) is 0 Å². The van der Waals surface area contributed by atoms with Crippen molar-refractivity contribution in [2.24, 2.45) is 5.92 Å². The fourth-order valence-corrected chi connectivity index (χ4v) is 3.73. The molecule has 0 atom stereocenters. The predicted octanol–water partition coefficient (Wildman–Crippen LogP) is 4.39. The van der Waals surface area contributed by atoms with E-state index in [-0.39, 0.29) is 17.5 Å². The first-order chi connectivity index (χ1) is 14.0. The number of aromatic nitrogens is 3. The minimum Gasteiger partial charge on any atom is -0.356 e. The number of aryl methyl sites for hydroxylation is 1. The molecule has 0 unspecified atom stereocenters. The van der Waals surface area contributed by atoms with Gasteiger partial charge in [0.25, 0.3) is 0 Å². The second-order valence-electron chi connectivity index (χ2n) is 7.43. The Morgan fingerprint density at radius 2 is 1.76 bits per heavy atom. The van der Waals surface area contributed by atoms with Gasteiger partial charge in [-0.2, -0.15) is 0 Å². The number of carbonyl (C=O) groups is 1. The number of rotatable bonds is 4. The number of halogens is 1. The quantitative estimate of drug-likeness (QED) is 0.618. The molecule has 0 amide bonds. The molecule has 6 heteroatoms. The van der Waals surface area contributed by atoms with Crippen molar-refractivity contribution in [3.63, 3.8) is 0 Å². The maximum Gasteiger partial charge on any atom is 0.180 e. The topological polar surface area (TPSA) is 59.0 Å². The summed E-state index contributed by atoms with van der Waals surface area (Å²) in [5, 5.41) is 0. The minimum absolute atomic E-state index is 0.0461. The number of piperidine rings is 1. The van der Waals surface area contributed by atoms with Crippen LogP contribution in [0.5, 0.6) is 0 Å². The van der Waals surface area contributed by atoms with E-state index in [0.717, 1.165) is 48.7 Å². The van der Waals surface area contributed by atoms with Crippen LogP contribution in [-0.2, 0) is 0 Å². The lowest BCUT2D eigenvalue weighted by Crippen LogP contribution is -2.37. The van der Waals surface area contributed by atoms with Gasteiger partial charge in [-0.3, -0.25) is 9.78 Å². The molecule has 0 spiro atoms. The number of hydrogen-bond acceptors (Lipinski definition) is 5. The SMILES string of the molecule is Cc1nc(-c2ccccn2)nc(N2CCC(C(=O)c3ccc(F)cc3)CC2)c1C. The van der Waals surface area contributed by atoms with Crippen molar-refractivity contribution >= 4 is 11.6 Å². The maximum atomic E-state index is 13.1. The summed E-state index contributed by atoms with van der Waals surface area (Å²) in [6.07, 6.45) is 3.23. The summed E-state index contributed by atoms with van der Waals surface area (Å²) in [7, 11) is 0. The fourth-order valence-electron chi connectivity index (χ4n) is 3.73. The lowest BCUT2D eigenvalue weighted by Gasteiger charge is -2.33. The molecule has 1 fully saturated rings. The Morgan fingerprint density at radius 3 is 2.41 bits per heavy atom. The molecule has 3 aromatic rings. The van der Waals surface area contributed by atoms with Gasteiger partial charge >= 0.3 is 0 Å². The normalized spacial score (nSPS) is 14.8. The molecule has 1 saturated heterocycles. The second-order valence-corrected chi connectivity index (χ2v) is 7.43. The monoisotopic (exact) mass is 390 g/mol. The van der Waals surface area contributed by atoms with E-state index in [0.29, 0.717) is 11.4 Å². The van der Waals surface area contributed by atoms with E-state index in [1.54, 1.807) is 18.3 Å². The summed E-state index contributed by atoms with van der Waals surface area (Å²) in [6, 6.07) is 11.5. The second kappa shape index (κ2) is 8.07. The molecule has 3 heterocycles. The molecule has 1 aliphatic heterocycles. The van der Waals surface area contributed by atoms with E-state index in [9.17, 15) is 9.18 Å². The number of carbonyl (C=O) groups excluding carboxylic acids is 1. The van der Waals surface area contributed by atoms with Gasteiger partial charge in [-0.15, -0.1) is 0 Å². The minimum atomic E-state index is -0.324. The van der Waals surface area contributed by atoms with Gasteiger partial charge < -0.3 is 4.90 Å². The molecular formula is C23H23FN4O. The zero-order chi connectivity index (χ0) is 20.4. The van der Waals surface area contributed by atoms with Gasteiger partial charge in [0.15, 0.2) is 11.6 Å². The Morgan fingerprint density at radius 1 is 1.03 bits per heavy atom. The Bertz CT molecular complexity index is 1010. The molecule has 1 aromatic carbocycles. The van der Waals surface area contributed by atoms with Gasteiger partial charge in [-0.05, 0) is 63.1 Å². The van der Waals surface area contributed by atoms with Crippen molar-refractivity contribution in [1.82, 2.24) is 15.0 Å². The van der Waals surface area contributed by atoms with Gasteiger partial charge in [0.2, 0.25) is 0 Å². The number of benzene rings is 1. The van der Waals surface area contributed by atoms with E-state index in [2.05, 4.69) is 14.9 Å². The largest absolute Gasteiger partial charge is 0.356 e. The highest BCUT2D eigenvalue weighted by Gasteiger charge is 2.27. The molecule has 0 bridgehead atoms. The molecule has 2 aromatic heterocycles. The first-order valence-electron chi connectivity index (χ1n) is 9.84. The first kappa shape index (κ1) is 19.2. The Hall–Kier alpha value is -3.15. The molecule has 1 aliphatic rings. The van der Waals surface area contributed by atoms with Crippen LogP contribution in [0, 0.1) is 25.6 Å². The zero-order valence-electron chi connectivity index (χ0n) is 16.6.